The first kappa shape index (κ1) is 12.4. The lowest BCUT2D eigenvalue weighted by atomic mass is 9.92. The number of hydrogen-bond donors (Lipinski definition) is 1. The Morgan fingerprint density at radius 3 is 2.63 bits per heavy atom. The van der Waals surface area contributed by atoms with Crippen molar-refractivity contribution in [3.63, 3.8) is 0 Å². The lowest BCUT2D eigenvalue weighted by molar-refractivity contribution is 0.622. The van der Waals surface area contributed by atoms with Crippen molar-refractivity contribution in [1.29, 1.82) is 0 Å². The number of aryl methyl sites for hydroxylation is 1. The highest BCUT2D eigenvalue weighted by atomic mass is 19.1. The van der Waals surface area contributed by atoms with Gasteiger partial charge in [0.05, 0.1) is 0 Å². The van der Waals surface area contributed by atoms with Gasteiger partial charge < -0.3 is 5.73 Å². The van der Waals surface area contributed by atoms with Gasteiger partial charge in [-0.05, 0) is 72.3 Å². The molecule has 1 nitrogen and oxygen atoms in total. The highest BCUT2D eigenvalue weighted by molar-refractivity contribution is 5.82. The zero-order valence-corrected chi connectivity index (χ0v) is 11.3. The summed E-state index contributed by atoms with van der Waals surface area (Å²) in [7, 11) is 0. The molecule has 3 rings (SSSR count). The van der Waals surface area contributed by atoms with E-state index in [2.05, 4.69) is 26.0 Å². The molecule has 1 aliphatic carbocycles. The Labute approximate surface area is 113 Å². The summed E-state index contributed by atoms with van der Waals surface area (Å²) in [5, 5.41) is 0. The van der Waals surface area contributed by atoms with Gasteiger partial charge in [-0.2, -0.15) is 0 Å². The van der Waals surface area contributed by atoms with Gasteiger partial charge in [0, 0.05) is 5.92 Å². The Morgan fingerprint density at radius 1 is 1.11 bits per heavy atom. The van der Waals surface area contributed by atoms with Crippen LogP contribution in [-0.4, -0.2) is 6.54 Å². The van der Waals surface area contributed by atoms with Crippen LogP contribution in [0.25, 0.3) is 11.1 Å². The minimum atomic E-state index is -0.164. The van der Waals surface area contributed by atoms with Crippen molar-refractivity contribution < 1.29 is 4.39 Å². The fourth-order valence-corrected chi connectivity index (χ4v) is 3.18. The van der Waals surface area contributed by atoms with Crippen LogP contribution in [0.3, 0.4) is 0 Å². The third-order valence-corrected chi connectivity index (χ3v) is 4.26. The van der Waals surface area contributed by atoms with Gasteiger partial charge in [-0.1, -0.05) is 18.2 Å². The van der Waals surface area contributed by atoms with Gasteiger partial charge >= 0.3 is 0 Å². The Kier molecular flexibility index (Phi) is 2.90. The number of rotatable bonds is 2. The molecule has 2 heteroatoms. The van der Waals surface area contributed by atoms with Crippen molar-refractivity contribution in [3.05, 3.63) is 58.4 Å². The molecule has 1 atom stereocenters. The second-order valence-electron chi connectivity index (χ2n) is 5.33. The van der Waals surface area contributed by atoms with Crippen LogP contribution in [-0.2, 0) is 0 Å². The number of benzene rings is 2. The fourth-order valence-electron chi connectivity index (χ4n) is 3.18. The van der Waals surface area contributed by atoms with E-state index in [1.807, 2.05) is 6.07 Å². The highest BCUT2D eigenvalue weighted by Gasteiger charge is 2.29. The summed E-state index contributed by atoms with van der Waals surface area (Å²) in [6.45, 7) is 4.88. The zero-order valence-electron chi connectivity index (χ0n) is 11.3. The molecular formula is C17H18FN. The van der Waals surface area contributed by atoms with Crippen LogP contribution >= 0.6 is 0 Å². The molecule has 0 heterocycles. The first-order valence-electron chi connectivity index (χ1n) is 6.73. The van der Waals surface area contributed by atoms with Crippen LogP contribution in [0.2, 0.25) is 0 Å². The van der Waals surface area contributed by atoms with Gasteiger partial charge in [0.25, 0.3) is 0 Å². The summed E-state index contributed by atoms with van der Waals surface area (Å²) in [6, 6.07) is 9.46. The lowest BCUT2D eigenvalue weighted by Gasteiger charge is -2.13. The van der Waals surface area contributed by atoms with E-state index in [1.54, 1.807) is 12.1 Å². The van der Waals surface area contributed by atoms with Gasteiger partial charge in [0.15, 0.2) is 0 Å². The van der Waals surface area contributed by atoms with Crippen LogP contribution < -0.4 is 5.73 Å². The van der Waals surface area contributed by atoms with E-state index in [0.29, 0.717) is 6.54 Å². The predicted octanol–water partition coefficient (Wildman–Crippen LogP) is 3.90. The third kappa shape index (κ3) is 1.79. The summed E-state index contributed by atoms with van der Waals surface area (Å²) in [4.78, 5) is 0. The van der Waals surface area contributed by atoms with E-state index in [9.17, 15) is 4.39 Å². The molecule has 0 aromatic heterocycles. The molecule has 0 spiro atoms. The molecule has 1 unspecified atom stereocenters. The van der Waals surface area contributed by atoms with Crippen molar-refractivity contribution in [3.8, 4) is 11.1 Å². The molecule has 19 heavy (non-hydrogen) atoms. The van der Waals surface area contributed by atoms with Crippen LogP contribution in [0.1, 0.15) is 34.6 Å². The molecule has 0 bridgehead atoms. The van der Waals surface area contributed by atoms with Crippen LogP contribution in [0.4, 0.5) is 4.39 Å². The minimum absolute atomic E-state index is 0.164. The summed E-state index contributed by atoms with van der Waals surface area (Å²) in [6.07, 6.45) is 0.867. The molecule has 0 aliphatic heterocycles. The average Bonchev–Trinajstić information content (AvgIpc) is 2.69. The van der Waals surface area contributed by atoms with E-state index >= 15 is 0 Å². The molecule has 0 fully saturated rings. The van der Waals surface area contributed by atoms with E-state index in [0.717, 1.165) is 12.0 Å². The summed E-state index contributed by atoms with van der Waals surface area (Å²) < 4.78 is 13.5. The van der Waals surface area contributed by atoms with Crippen molar-refractivity contribution >= 4 is 0 Å². The number of fused-ring (bicyclic) bond motifs is 3. The first-order chi connectivity index (χ1) is 9.13. The molecule has 2 N–H and O–H groups in total. The van der Waals surface area contributed by atoms with Crippen LogP contribution in [0.5, 0.6) is 0 Å². The van der Waals surface area contributed by atoms with Gasteiger partial charge in [-0.15, -0.1) is 0 Å². The maximum atomic E-state index is 13.5. The Morgan fingerprint density at radius 2 is 1.89 bits per heavy atom. The maximum Gasteiger partial charge on any atom is 0.123 e. The number of halogens is 1. The standard InChI is InChI=1S/C17H18FN/c1-10-3-5-14-13(7-8-19)16-9-12(18)4-6-15(16)17(14)11(10)2/h3-6,9,13H,7-8,19H2,1-2H3. The Bertz CT molecular complexity index is 646. The average molecular weight is 255 g/mol. The molecule has 2 aromatic carbocycles. The largest absolute Gasteiger partial charge is 0.330 e. The smallest absolute Gasteiger partial charge is 0.123 e. The predicted molar refractivity (Wildman–Crippen MR) is 76.8 cm³/mol. The highest BCUT2D eigenvalue weighted by Crippen LogP contribution is 2.48. The van der Waals surface area contributed by atoms with Crippen LogP contribution in [0, 0.1) is 19.7 Å². The number of hydrogen-bond acceptors (Lipinski definition) is 1. The molecular weight excluding hydrogens is 237 g/mol. The SMILES string of the molecule is Cc1ccc2c(c1C)-c1ccc(F)cc1C2CCN. The van der Waals surface area contributed by atoms with Gasteiger partial charge in [0.2, 0.25) is 0 Å². The second-order valence-corrected chi connectivity index (χ2v) is 5.33. The molecule has 98 valence electrons. The van der Waals surface area contributed by atoms with Gasteiger partial charge in [0.1, 0.15) is 5.82 Å². The van der Waals surface area contributed by atoms with Crippen molar-refractivity contribution in [1.82, 2.24) is 0 Å². The fraction of sp³-hybridized carbons (Fsp3) is 0.294. The minimum Gasteiger partial charge on any atom is -0.330 e. The molecule has 2 aromatic rings. The van der Waals surface area contributed by atoms with Crippen molar-refractivity contribution in [2.24, 2.45) is 5.73 Å². The molecule has 0 saturated carbocycles. The van der Waals surface area contributed by atoms with Crippen LogP contribution in [0.15, 0.2) is 30.3 Å². The lowest BCUT2D eigenvalue weighted by Crippen LogP contribution is -2.06. The molecule has 0 amide bonds. The van der Waals surface area contributed by atoms with E-state index in [4.69, 9.17) is 5.73 Å². The summed E-state index contributed by atoms with van der Waals surface area (Å²) in [5.41, 5.74) is 13.2. The maximum absolute atomic E-state index is 13.5. The normalized spacial score (nSPS) is 16.3. The molecule has 0 radical (unpaired) electrons. The Hall–Kier alpha value is -1.67. The van der Waals surface area contributed by atoms with Gasteiger partial charge in [-0.3, -0.25) is 0 Å². The van der Waals surface area contributed by atoms with E-state index in [-0.39, 0.29) is 11.7 Å². The third-order valence-electron chi connectivity index (χ3n) is 4.26. The Balaban J connectivity index is 2.29. The molecule has 1 aliphatic rings. The van der Waals surface area contributed by atoms with E-state index in [1.165, 1.54) is 27.8 Å². The van der Waals surface area contributed by atoms with Crippen molar-refractivity contribution in [2.45, 2.75) is 26.2 Å². The van der Waals surface area contributed by atoms with Crippen molar-refractivity contribution in [2.75, 3.05) is 6.54 Å². The summed E-state index contributed by atoms with van der Waals surface area (Å²) in [5.74, 6) is 0.0768. The summed E-state index contributed by atoms with van der Waals surface area (Å²) >= 11 is 0. The first-order valence-corrected chi connectivity index (χ1v) is 6.73. The zero-order chi connectivity index (χ0) is 13.6. The molecule has 0 saturated heterocycles. The quantitative estimate of drug-likeness (QED) is 0.865. The number of nitrogens with two attached hydrogens (primary N) is 1. The second kappa shape index (κ2) is 4.46. The van der Waals surface area contributed by atoms with Gasteiger partial charge in [-0.25, -0.2) is 4.39 Å². The monoisotopic (exact) mass is 255 g/mol. The van der Waals surface area contributed by atoms with E-state index < -0.39 is 0 Å². The topological polar surface area (TPSA) is 26.0 Å².